The summed E-state index contributed by atoms with van der Waals surface area (Å²) < 4.78 is 5.40. The average molecular weight is 274 g/mol. The molecule has 4 heteroatoms. The number of methoxy groups -OCH3 is 1. The van der Waals surface area contributed by atoms with Crippen molar-refractivity contribution in [2.75, 3.05) is 20.2 Å². The highest BCUT2D eigenvalue weighted by molar-refractivity contribution is 5.82. The Hall–Kier alpha value is -1.39. The Morgan fingerprint density at radius 3 is 2.95 bits per heavy atom. The quantitative estimate of drug-likeness (QED) is 0.885. The van der Waals surface area contributed by atoms with Gasteiger partial charge in [-0.05, 0) is 30.4 Å². The number of amides is 1. The summed E-state index contributed by atoms with van der Waals surface area (Å²) in [6.07, 6.45) is 3.08. The molecule has 1 amide bonds. The molecule has 0 aromatic heterocycles. The summed E-state index contributed by atoms with van der Waals surface area (Å²) in [6, 6.07) is 8.28. The Bertz CT molecular complexity index is 489. The van der Waals surface area contributed by atoms with Crippen molar-refractivity contribution in [2.45, 2.75) is 38.0 Å². The van der Waals surface area contributed by atoms with E-state index in [1.165, 1.54) is 11.1 Å². The molecule has 1 fully saturated rings. The predicted octanol–water partition coefficient (Wildman–Crippen LogP) is 1.34. The monoisotopic (exact) mass is 274 g/mol. The number of nitrogens with one attached hydrogen (secondary N) is 1. The van der Waals surface area contributed by atoms with Crippen LogP contribution in [0.4, 0.5) is 0 Å². The number of rotatable bonds is 2. The van der Waals surface area contributed by atoms with E-state index in [0.717, 1.165) is 38.9 Å². The fraction of sp³-hybridized carbons (Fsp3) is 0.562. The van der Waals surface area contributed by atoms with Crippen molar-refractivity contribution in [2.24, 2.45) is 0 Å². The van der Waals surface area contributed by atoms with Gasteiger partial charge in [0, 0.05) is 26.7 Å². The van der Waals surface area contributed by atoms with Gasteiger partial charge in [-0.1, -0.05) is 24.3 Å². The first-order valence-corrected chi connectivity index (χ1v) is 7.39. The molecule has 3 rings (SSSR count). The number of hydrogen-bond donors (Lipinski definition) is 1. The van der Waals surface area contributed by atoms with Crippen molar-refractivity contribution in [1.82, 2.24) is 10.2 Å². The summed E-state index contributed by atoms with van der Waals surface area (Å²) in [6.45, 7) is 2.38. The molecule has 20 heavy (non-hydrogen) atoms. The highest BCUT2D eigenvalue weighted by atomic mass is 16.5. The number of hydrogen-bond acceptors (Lipinski definition) is 3. The van der Waals surface area contributed by atoms with E-state index in [1.54, 1.807) is 7.11 Å². The van der Waals surface area contributed by atoms with Crippen LogP contribution in [-0.2, 0) is 22.5 Å². The van der Waals surface area contributed by atoms with Gasteiger partial charge in [0.25, 0.3) is 0 Å². The smallest absolute Gasteiger partial charge is 0.240 e. The molecule has 108 valence electrons. The Balaban J connectivity index is 1.67. The Morgan fingerprint density at radius 2 is 2.15 bits per heavy atom. The Kier molecular flexibility index (Phi) is 4.03. The molecular formula is C16H22N2O2. The zero-order valence-electron chi connectivity index (χ0n) is 12.0. The molecule has 1 N–H and O–H groups in total. The number of carbonyl (C=O) groups is 1. The molecule has 0 saturated carbocycles. The van der Waals surface area contributed by atoms with Crippen molar-refractivity contribution in [3.8, 4) is 0 Å². The lowest BCUT2D eigenvalue weighted by Gasteiger charge is -2.36. The predicted molar refractivity (Wildman–Crippen MR) is 77.4 cm³/mol. The van der Waals surface area contributed by atoms with Crippen LogP contribution in [0.2, 0.25) is 0 Å². The lowest BCUT2D eigenvalue weighted by molar-refractivity contribution is -0.137. The van der Waals surface area contributed by atoms with Gasteiger partial charge < -0.3 is 15.0 Å². The average Bonchev–Trinajstić information content (AvgIpc) is 2.53. The molecule has 2 unspecified atom stereocenters. The van der Waals surface area contributed by atoms with Gasteiger partial charge in [-0.15, -0.1) is 0 Å². The van der Waals surface area contributed by atoms with E-state index in [2.05, 4.69) is 23.5 Å². The summed E-state index contributed by atoms with van der Waals surface area (Å²) in [7, 11) is 1.73. The van der Waals surface area contributed by atoms with E-state index in [4.69, 9.17) is 4.74 Å². The first-order chi connectivity index (χ1) is 9.78. The summed E-state index contributed by atoms with van der Waals surface area (Å²) in [5.74, 6) is 0.223. The largest absolute Gasteiger partial charge is 0.380 e. The maximum Gasteiger partial charge on any atom is 0.240 e. The highest BCUT2D eigenvalue weighted by Crippen LogP contribution is 2.19. The minimum Gasteiger partial charge on any atom is -0.380 e. The van der Waals surface area contributed by atoms with Gasteiger partial charge in [0.05, 0.1) is 12.1 Å². The standard InChI is InChI=1S/C16H22N2O2/c1-20-14-7-4-8-18(11-14)16(19)15-9-12-5-2-3-6-13(12)10-17-15/h2-3,5-6,14-15,17H,4,7-11H2,1H3. The molecule has 0 spiro atoms. The van der Waals surface area contributed by atoms with Gasteiger partial charge in [-0.2, -0.15) is 0 Å². The number of nitrogens with zero attached hydrogens (tertiary/aromatic N) is 1. The van der Waals surface area contributed by atoms with Crippen molar-refractivity contribution >= 4 is 5.91 Å². The summed E-state index contributed by atoms with van der Waals surface area (Å²) in [5.41, 5.74) is 2.61. The molecule has 2 heterocycles. The van der Waals surface area contributed by atoms with Crippen LogP contribution in [0.25, 0.3) is 0 Å². The number of likely N-dealkylation sites (tertiary alicyclic amines) is 1. The van der Waals surface area contributed by atoms with Crippen molar-refractivity contribution in [1.29, 1.82) is 0 Å². The normalized spacial score (nSPS) is 26.1. The number of fused-ring (bicyclic) bond motifs is 1. The third-order valence-electron chi connectivity index (χ3n) is 4.40. The highest BCUT2D eigenvalue weighted by Gasteiger charge is 2.30. The molecule has 0 radical (unpaired) electrons. The maximum absolute atomic E-state index is 12.6. The number of ether oxygens (including phenoxy) is 1. The molecule has 1 saturated heterocycles. The third kappa shape index (κ3) is 2.72. The molecule has 1 aromatic carbocycles. The van der Waals surface area contributed by atoms with Crippen molar-refractivity contribution < 1.29 is 9.53 Å². The molecular weight excluding hydrogens is 252 g/mol. The summed E-state index contributed by atoms with van der Waals surface area (Å²) >= 11 is 0. The Labute approximate surface area is 120 Å². The second-order valence-electron chi connectivity index (χ2n) is 5.69. The van der Waals surface area contributed by atoms with Crippen molar-refractivity contribution in [3.63, 3.8) is 0 Å². The molecule has 2 aliphatic heterocycles. The van der Waals surface area contributed by atoms with Crippen LogP contribution in [-0.4, -0.2) is 43.2 Å². The molecule has 2 atom stereocenters. The van der Waals surface area contributed by atoms with Crippen molar-refractivity contribution in [3.05, 3.63) is 35.4 Å². The van der Waals surface area contributed by atoms with Gasteiger partial charge in [-0.3, -0.25) is 4.79 Å². The number of carbonyl (C=O) groups excluding carboxylic acids is 1. The molecule has 0 aliphatic carbocycles. The first-order valence-electron chi connectivity index (χ1n) is 7.39. The Morgan fingerprint density at radius 1 is 1.35 bits per heavy atom. The maximum atomic E-state index is 12.6. The van der Waals surface area contributed by atoms with Gasteiger partial charge in [0.2, 0.25) is 5.91 Å². The summed E-state index contributed by atoms with van der Waals surface area (Å²) in [4.78, 5) is 14.6. The van der Waals surface area contributed by atoms with E-state index < -0.39 is 0 Å². The fourth-order valence-corrected chi connectivity index (χ4v) is 3.18. The fourth-order valence-electron chi connectivity index (χ4n) is 3.18. The van der Waals surface area contributed by atoms with Gasteiger partial charge >= 0.3 is 0 Å². The van der Waals surface area contributed by atoms with Crippen LogP contribution in [0.3, 0.4) is 0 Å². The van der Waals surface area contributed by atoms with Gasteiger partial charge in [0.1, 0.15) is 0 Å². The molecule has 1 aromatic rings. The minimum atomic E-state index is -0.0829. The zero-order chi connectivity index (χ0) is 13.9. The minimum absolute atomic E-state index is 0.0829. The van der Waals surface area contributed by atoms with E-state index in [1.807, 2.05) is 11.0 Å². The van der Waals surface area contributed by atoms with E-state index in [-0.39, 0.29) is 18.1 Å². The topological polar surface area (TPSA) is 41.6 Å². The molecule has 2 aliphatic rings. The molecule has 0 bridgehead atoms. The van der Waals surface area contributed by atoms with Crippen LogP contribution >= 0.6 is 0 Å². The SMILES string of the molecule is COC1CCCN(C(=O)C2Cc3ccccc3CN2)C1. The van der Waals surface area contributed by atoms with Crippen LogP contribution < -0.4 is 5.32 Å². The van der Waals surface area contributed by atoms with E-state index in [9.17, 15) is 4.79 Å². The second kappa shape index (κ2) is 5.94. The number of piperidine rings is 1. The van der Waals surface area contributed by atoms with Crippen LogP contribution in [0, 0.1) is 0 Å². The molecule has 4 nitrogen and oxygen atoms in total. The van der Waals surface area contributed by atoms with Crippen LogP contribution in [0.5, 0.6) is 0 Å². The zero-order valence-corrected chi connectivity index (χ0v) is 12.0. The first kappa shape index (κ1) is 13.6. The second-order valence-corrected chi connectivity index (χ2v) is 5.69. The van der Waals surface area contributed by atoms with Gasteiger partial charge in [0.15, 0.2) is 0 Å². The summed E-state index contributed by atoms with van der Waals surface area (Å²) in [5, 5.41) is 3.37. The lowest BCUT2D eigenvalue weighted by Crippen LogP contribution is -2.53. The third-order valence-corrected chi connectivity index (χ3v) is 4.40. The van der Waals surface area contributed by atoms with Crippen LogP contribution in [0.1, 0.15) is 24.0 Å². The number of benzene rings is 1. The lowest BCUT2D eigenvalue weighted by atomic mass is 9.94. The van der Waals surface area contributed by atoms with Gasteiger partial charge in [-0.25, -0.2) is 0 Å². The van der Waals surface area contributed by atoms with E-state index >= 15 is 0 Å². The van der Waals surface area contributed by atoms with Crippen LogP contribution in [0.15, 0.2) is 24.3 Å². The van der Waals surface area contributed by atoms with E-state index in [0.29, 0.717) is 0 Å².